The molecule has 1 fully saturated rings. The van der Waals surface area contributed by atoms with Crippen molar-refractivity contribution in [3.8, 4) is 0 Å². The van der Waals surface area contributed by atoms with Gasteiger partial charge in [-0.15, -0.1) is 0 Å². The van der Waals surface area contributed by atoms with Crippen LogP contribution in [-0.4, -0.2) is 38.1 Å². The first kappa shape index (κ1) is 15.5. The maximum Gasteiger partial charge on any atom is 0.227 e. The second kappa shape index (κ2) is 7.22. The largest absolute Gasteiger partial charge is 0.383 e. The van der Waals surface area contributed by atoms with Crippen LogP contribution >= 0.6 is 0 Å². The number of amides is 2. The van der Waals surface area contributed by atoms with Crippen molar-refractivity contribution in [2.45, 2.75) is 32.2 Å². The summed E-state index contributed by atoms with van der Waals surface area (Å²) in [5.74, 6) is 0.151. The fourth-order valence-corrected chi connectivity index (χ4v) is 2.52. The van der Waals surface area contributed by atoms with E-state index in [2.05, 4.69) is 5.32 Å². The van der Waals surface area contributed by atoms with E-state index in [9.17, 15) is 9.59 Å². The number of ether oxygens (including phenoxy) is 1. The highest BCUT2D eigenvalue weighted by Crippen LogP contribution is 2.21. The zero-order valence-corrected chi connectivity index (χ0v) is 12.6. The number of methoxy groups -OCH3 is 1. The van der Waals surface area contributed by atoms with Gasteiger partial charge in [-0.1, -0.05) is 12.1 Å². The van der Waals surface area contributed by atoms with Crippen LogP contribution in [0.4, 0.5) is 5.69 Å². The highest BCUT2D eigenvalue weighted by Gasteiger charge is 2.21. The molecule has 2 rings (SSSR count). The molecule has 1 atom stereocenters. The molecule has 114 valence electrons. The highest BCUT2D eigenvalue weighted by atomic mass is 16.5. The zero-order valence-electron chi connectivity index (χ0n) is 12.6. The van der Waals surface area contributed by atoms with Crippen molar-refractivity contribution < 1.29 is 14.3 Å². The Morgan fingerprint density at radius 3 is 2.67 bits per heavy atom. The topological polar surface area (TPSA) is 58.6 Å². The van der Waals surface area contributed by atoms with E-state index in [1.807, 2.05) is 31.2 Å². The Morgan fingerprint density at radius 2 is 2.10 bits per heavy atom. The van der Waals surface area contributed by atoms with Gasteiger partial charge >= 0.3 is 0 Å². The van der Waals surface area contributed by atoms with Crippen LogP contribution in [0.25, 0.3) is 0 Å². The van der Waals surface area contributed by atoms with E-state index in [4.69, 9.17) is 4.74 Å². The number of carbonyl (C=O) groups is 2. The number of benzene rings is 1. The van der Waals surface area contributed by atoms with Crippen molar-refractivity contribution >= 4 is 17.5 Å². The van der Waals surface area contributed by atoms with Crippen LogP contribution < -0.4 is 10.2 Å². The first-order valence-corrected chi connectivity index (χ1v) is 7.27. The molecule has 21 heavy (non-hydrogen) atoms. The molecule has 1 aromatic carbocycles. The second-order valence-electron chi connectivity index (χ2n) is 5.42. The van der Waals surface area contributed by atoms with Crippen LogP contribution in [0, 0.1) is 0 Å². The van der Waals surface area contributed by atoms with E-state index in [-0.39, 0.29) is 17.9 Å². The summed E-state index contributed by atoms with van der Waals surface area (Å²) >= 11 is 0. The predicted octanol–water partition coefficient (Wildman–Crippen LogP) is 1.51. The van der Waals surface area contributed by atoms with E-state index in [1.165, 1.54) is 0 Å². The lowest BCUT2D eigenvalue weighted by atomic mass is 10.1. The summed E-state index contributed by atoms with van der Waals surface area (Å²) in [5, 5.41) is 2.88. The molecule has 1 N–H and O–H groups in total. The molecule has 1 unspecified atom stereocenters. The highest BCUT2D eigenvalue weighted by molar-refractivity contribution is 5.95. The van der Waals surface area contributed by atoms with Gasteiger partial charge < -0.3 is 15.0 Å². The normalized spacial score (nSPS) is 16.1. The summed E-state index contributed by atoms with van der Waals surface area (Å²) in [6, 6.07) is 7.63. The maximum absolute atomic E-state index is 11.9. The number of nitrogens with zero attached hydrogens (tertiary/aromatic N) is 1. The van der Waals surface area contributed by atoms with Crippen LogP contribution in [-0.2, 0) is 20.7 Å². The lowest BCUT2D eigenvalue weighted by Gasteiger charge is -2.16. The fraction of sp³-hybridized carbons (Fsp3) is 0.500. The van der Waals surface area contributed by atoms with Crippen molar-refractivity contribution in [1.29, 1.82) is 0 Å². The molecule has 5 nitrogen and oxygen atoms in total. The minimum Gasteiger partial charge on any atom is -0.383 e. The molecule has 0 bridgehead atoms. The van der Waals surface area contributed by atoms with Gasteiger partial charge in [-0.05, 0) is 31.0 Å². The van der Waals surface area contributed by atoms with Crippen molar-refractivity contribution in [2.75, 3.05) is 25.2 Å². The molecule has 0 aliphatic carbocycles. The molecule has 1 aromatic rings. The summed E-state index contributed by atoms with van der Waals surface area (Å²) in [6.45, 7) is 3.19. The van der Waals surface area contributed by atoms with Crippen molar-refractivity contribution in [2.24, 2.45) is 0 Å². The smallest absolute Gasteiger partial charge is 0.227 e. The number of rotatable bonds is 6. The van der Waals surface area contributed by atoms with Gasteiger partial charge in [-0.3, -0.25) is 9.59 Å². The predicted molar refractivity (Wildman–Crippen MR) is 81.2 cm³/mol. The van der Waals surface area contributed by atoms with Crippen LogP contribution in [0.3, 0.4) is 0 Å². The van der Waals surface area contributed by atoms with Gasteiger partial charge in [0.1, 0.15) is 0 Å². The van der Waals surface area contributed by atoms with Gasteiger partial charge in [0.15, 0.2) is 0 Å². The van der Waals surface area contributed by atoms with Gasteiger partial charge in [-0.2, -0.15) is 0 Å². The van der Waals surface area contributed by atoms with E-state index < -0.39 is 0 Å². The lowest BCUT2D eigenvalue weighted by Crippen LogP contribution is -2.36. The molecular weight excluding hydrogens is 268 g/mol. The van der Waals surface area contributed by atoms with E-state index in [1.54, 1.807) is 12.0 Å². The quantitative estimate of drug-likeness (QED) is 0.864. The number of nitrogens with one attached hydrogen (secondary N) is 1. The average molecular weight is 290 g/mol. The summed E-state index contributed by atoms with van der Waals surface area (Å²) in [4.78, 5) is 25.3. The number of carbonyl (C=O) groups excluding carboxylic acids is 2. The Labute approximate surface area is 125 Å². The molecule has 1 aliphatic heterocycles. The van der Waals surface area contributed by atoms with Crippen molar-refractivity contribution in [3.05, 3.63) is 29.8 Å². The van der Waals surface area contributed by atoms with Gasteiger partial charge in [-0.25, -0.2) is 0 Å². The molecule has 1 saturated heterocycles. The lowest BCUT2D eigenvalue weighted by molar-refractivity contribution is -0.121. The summed E-state index contributed by atoms with van der Waals surface area (Å²) < 4.78 is 4.99. The summed E-state index contributed by atoms with van der Waals surface area (Å²) in [5.41, 5.74) is 1.85. The summed E-state index contributed by atoms with van der Waals surface area (Å²) in [6.07, 6.45) is 1.88. The fourth-order valence-electron chi connectivity index (χ4n) is 2.52. The van der Waals surface area contributed by atoms with Crippen LogP contribution in [0.5, 0.6) is 0 Å². The number of hydrogen-bond acceptors (Lipinski definition) is 3. The van der Waals surface area contributed by atoms with Crippen molar-refractivity contribution in [3.63, 3.8) is 0 Å². The van der Waals surface area contributed by atoms with Gasteiger partial charge in [0.25, 0.3) is 0 Å². The molecule has 0 radical (unpaired) electrons. The third-order valence-corrected chi connectivity index (χ3v) is 3.51. The molecule has 1 aliphatic rings. The molecule has 5 heteroatoms. The minimum absolute atomic E-state index is 0.00370. The zero-order chi connectivity index (χ0) is 15.2. The molecule has 2 amide bonds. The second-order valence-corrected chi connectivity index (χ2v) is 5.42. The Balaban J connectivity index is 1.90. The standard InChI is InChI=1S/C16H22N2O3/c1-12(11-21-2)17-15(19)10-13-5-7-14(8-6-13)18-9-3-4-16(18)20/h5-8,12H,3-4,9-11H2,1-2H3,(H,17,19). The van der Waals surface area contributed by atoms with Gasteiger partial charge in [0.05, 0.1) is 13.0 Å². The molecule has 0 saturated carbocycles. The Hall–Kier alpha value is -1.88. The first-order chi connectivity index (χ1) is 10.1. The van der Waals surface area contributed by atoms with Crippen molar-refractivity contribution in [1.82, 2.24) is 5.32 Å². The molecular formula is C16H22N2O3. The van der Waals surface area contributed by atoms with E-state index in [0.717, 1.165) is 24.2 Å². The van der Waals surface area contributed by atoms with Gasteiger partial charge in [0, 0.05) is 31.8 Å². The Kier molecular flexibility index (Phi) is 5.33. The molecule has 0 aromatic heterocycles. The first-order valence-electron chi connectivity index (χ1n) is 7.27. The van der Waals surface area contributed by atoms with Crippen LogP contribution in [0.2, 0.25) is 0 Å². The summed E-state index contributed by atoms with van der Waals surface area (Å²) in [7, 11) is 1.61. The van der Waals surface area contributed by atoms with Crippen LogP contribution in [0.15, 0.2) is 24.3 Å². The average Bonchev–Trinajstić information content (AvgIpc) is 2.86. The number of anilines is 1. The Bertz CT molecular complexity index is 499. The third-order valence-electron chi connectivity index (χ3n) is 3.51. The molecule has 1 heterocycles. The molecule has 0 spiro atoms. The van der Waals surface area contributed by atoms with Crippen LogP contribution in [0.1, 0.15) is 25.3 Å². The van der Waals surface area contributed by atoms with E-state index in [0.29, 0.717) is 19.4 Å². The van der Waals surface area contributed by atoms with Gasteiger partial charge in [0.2, 0.25) is 11.8 Å². The maximum atomic E-state index is 11.9. The van der Waals surface area contributed by atoms with E-state index >= 15 is 0 Å². The number of hydrogen-bond donors (Lipinski definition) is 1. The third kappa shape index (κ3) is 4.29. The SMILES string of the molecule is COCC(C)NC(=O)Cc1ccc(N2CCCC2=O)cc1. The minimum atomic E-state index is -0.0236. The Morgan fingerprint density at radius 1 is 1.38 bits per heavy atom. The monoisotopic (exact) mass is 290 g/mol.